The number of anilines is 1. The largest absolute Gasteiger partial charge is 0.494 e. The Labute approximate surface area is 112 Å². The zero-order chi connectivity index (χ0) is 13.3. The smallest absolute Gasteiger partial charge is 0.315 e. The number of ether oxygens (including phenoxy) is 1. The van der Waals surface area contributed by atoms with Gasteiger partial charge in [-0.05, 0) is 25.6 Å². The molecule has 6 heteroatoms. The fraction of sp³-hybridized carbons (Fsp3) is 0.385. The van der Waals surface area contributed by atoms with Gasteiger partial charge in [-0.2, -0.15) is 0 Å². The monoisotopic (exact) mass is 262 g/mol. The maximum absolute atomic E-state index is 5.57. The summed E-state index contributed by atoms with van der Waals surface area (Å²) < 4.78 is 10.9. The van der Waals surface area contributed by atoms with E-state index in [9.17, 15) is 0 Å². The number of para-hydroxylation sites is 1. The van der Waals surface area contributed by atoms with E-state index in [4.69, 9.17) is 9.15 Å². The van der Waals surface area contributed by atoms with Gasteiger partial charge in [0.05, 0.1) is 13.2 Å². The molecule has 0 spiro atoms. The van der Waals surface area contributed by atoms with Crippen LogP contribution in [0, 0.1) is 0 Å². The van der Waals surface area contributed by atoms with Gasteiger partial charge >= 0.3 is 6.01 Å². The molecule has 102 valence electrons. The van der Waals surface area contributed by atoms with Crippen LogP contribution >= 0.6 is 0 Å². The molecule has 0 aliphatic rings. The highest BCUT2D eigenvalue weighted by Gasteiger charge is 2.03. The Morgan fingerprint density at radius 1 is 1.21 bits per heavy atom. The molecule has 2 N–H and O–H groups in total. The lowest BCUT2D eigenvalue weighted by Crippen LogP contribution is -2.07. The van der Waals surface area contributed by atoms with E-state index in [2.05, 4.69) is 20.8 Å². The standard InChI is InChI=1S/C13H18N4O2/c1-14-10-12-16-17-13(19-12)15-8-5-9-18-11-6-3-2-4-7-11/h2-4,6-7,14H,5,8-10H2,1H3,(H,15,17). The summed E-state index contributed by atoms with van der Waals surface area (Å²) >= 11 is 0. The van der Waals surface area contributed by atoms with Crippen molar-refractivity contribution in [2.75, 3.05) is 25.5 Å². The third kappa shape index (κ3) is 4.59. The number of nitrogens with one attached hydrogen (secondary N) is 2. The predicted molar refractivity (Wildman–Crippen MR) is 72.1 cm³/mol. The third-order valence-electron chi connectivity index (χ3n) is 2.40. The van der Waals surface area contributed by atoms with Crippen LogP contribution in [-0.4, -0.2) is 30.4 Å². The van der Waals surface area contributed by atoms with E-state index in [1.807, 2.05) is 37.4 Å². The van der Waals surface area contributed by atoms with Crippen LogP contribution in [-0.2, 0) is 6.54 Å². The van der Waals surface area contributed by atoms with Gasteiger partial charge in [0.25, 0.3) is 0 Å². The number of rotatable bonds is 8. The van der Waals surface area contributed by atoms with Crippen molar-refractivity contribution < 1.29 is 9.15 Å². The number of hydrogen-bond acceptors (Lipinski definition) is 6. The summed E-state index contributed by atoms with van der Waals surface area (Å²) in [6.45, 7) is 1.95. The summed E-state index contributed by atoms with van der Waals surface area (Å²) in [7, 11) is 1.83. The Hall–Kier alpha value is -2.08. The van der Waals surface area contributed by atoms with Gasteiger partial charge in [-0.15, -0.1) is 5.10 Å². The Bertz CT molecular complexity index is 473. The van der Waals surface area contributed by atoms with E-state index in [0.29, 0.717) is 25.1 Å². The van der Waals surface area contributed by atoms with Crippen LogP contribution in [0.25, 0.3) is 0 Å². The van der Waals surface area contributed by atoms with Crippen molar-refractivity contribution in [2.45, 2.75) is 13.0 Å². The summed E-state index contributed by atoms with van der Waals surface area (Å²) in [4.78, 5) is 0. The Kier molecular flexibility index (Phi) is 5.18. The molecule has 19 heavy (non-hydrogen) atoms. The van der Waals surface area contributed by atoms with Gasteiger partial charge in [0.2, 0.25) is 5.89 Å². The lowest BCUT2D eigenvalue weighted by atomic mass is 10.3. The molecule has 0 aliphatic heterocycles. The second-order valence-corrected chi connectivity index (χ2v) is 3.97. The van der Waals surface area contributed by atoms with E-state index in [1.165, 1.54) is 0 Å². The zero-order valence-corrected chi connectivity index (χ0v) is 10.9. The summed E-state index contributed by atoms with van der Waals surface area (Å²) in [5.74, 6) is 1.46. The van der Waals surface area contributed by atoms with Crippen LogP contribution in [0.2, 0.25) is 0 Å². The second-order valence-electron chi connectivity index (χ2n) is 3.97. The van der Waals surface area contributed by atoms with Crippen LogP contribution in [0.4, 0.5) is 6.01 Å². The molecule has 6 nitrogen and oxygen atoms in total. The quantitative estimate of drug-likeness (QED) is 0.705. The highest BCUT2D eigenvalue weighted by molar-refractivity contribution is 5.21. The molecule has 0 amide bonds. The maximum atomic E-state index is 5.57. The molecule has 0 radical (unpaired) electrons. The fourth-order valence-electron chi connectivity index (χ4n) is 1.52. The normalized spacial score (nSPS) is 10.4. The van der Waals surface area contributed by atoms with Crippen molar-refractivity contribution in [3.05, 3.63) is 36.2 Å². The fourth-order valence-corrected chi connectivity index (χ4v) is 1.52. The number of benzene rings is 1. The van der Waals surface area contributed by atoms with Crippen LogP contribution in [0.5, 0.6) is 5.75 Å². The van der Waals surface area contributed by atoms with Crippen LogP contribution < -0.4 is 15.4 Å². The van der Waals surface area contributed by atoms with Crippen molar-refractivity contribution in [3.8, 4) is 5.75 Å². The SMILES string of the molecule is CNCc1nnc(NCCCOc2ccccc2)o1. The van der Waals surface area contributed by atoms with Crippen molar-refractivity contribution in [2.24, 2.45) is 0 Å². The van der Waals surface area contributed by atoms with Gasteiger partial charge in [0.1, 0.15) is 5.75 Å². The first-order valence-corrected chi connectivity index (χ1v) is 6.27. The maximum Gasteiger partial charge on any atom is 0.315 e. The van der Waals surface area contributed by atoms with Crippen LogP contribution in [0.1, 0.15) is 12.3 Å². The third-order valence-corrected chi connectivity index (χ3v) is 2.40. The summed E-state index contributed by atoms with van der Waals surface area (Å²) in [5.41, 5.74) is 0. The minimum absolute atomic E-state index is 0.449. The van der Waals surface area contributed by atoms with E-state index in [0.717, 1.165) is 18.7 Å². The van der Waals surface area contributed by atoms with E-state index in [1.54, 1.807) is 0 Å². The van der Waals surface area contributed by atoms with Crippen LogP contribution in [0.15, 0.2) is 34.7 Å². The zero-order valence-electron chi connectivity index (χ0n) is 10.9. The average Bonchev–Trinajstić information content (AvgIpc) is 2.88. The second kappa shape index (κ2) is 7.38. The highest BCUT2D eigenvalue weighted by Crippen LogP contribution is 2.09. The van der Waals surface area contributed by atoms with E-state index in [-0.39, 0.29) is 0 Å². The van der Waals surface area contributed by atoms with E-state index >= 15 is 0 Å². The van der Waals surface area contributed by atoms with Crippen LogP contribution in [0.3, 0.4) is 0 Å². The Morgan fingerprint density at radius 3 is 2.84 bits per heavy atom. The minimum Gasteiger partial charge on any atom is -0.494 e. The Morgan fingerprint density at radius 2 is 2.05 bits per heavy atom. The van der Waals surface area contributed by atoms with Gasteiger partial charge in [-0.1, -0.05) is 23.3 Å². The Balaban J connectivity index is 1.61. The molecule has 0 saturated carbocycles. The average molecular weight is 262 g/mol. The highest BCUT2D eigenvalue weighted by atomic mass is 16.5. The molecule has 0 fully saturated rings. The molecule has 1 heterocycles. The van der Waals surface area contributed by atoms with Crippen molar-refractivity contribution in [1.29, 1.82) is 0 Å². The first-order valence-electron chi connectivity index (χ1n) is 6.27. The minimum atomic E-state index is 0.449. The number of hydrogen-bond donors (Lipinski definition) is 2. The molecule has 1 aromatic carbocycles. The van der Waals surface area contributed by atoms with Gasteiger partial charge in [0.15, 0.2) is 0 Å². The number of nitrogens with zero attached hydrogens (tertiary/aromatic N) is 2. The molecule has 0 aliphatic carbocycles. The molecule has 0 unspecified atom stereocenters. The molecule has 2 rings (SSSR count). The van der Waals surface area contributed by atoms with Gasteiger partial charge in [-0.25, -0.2) is 0 Å². The molecule has 0 atom stereocenters. The van der Waals surface area contributed by atoms with Gasteiger partial charge in [-0.3, -0.25) is 0 Å². The van der Waals surface area contributed by atoms with Gasteiger partial charge in [0, 0.05) is 6.54 Å². The molecule has 1 aromatic heterocycles. The first kappa shape index (κ1) is 13.4. The molecule has 0 bridgehead atoms. The topological polar surface area (TPSA) is 72.2 Å². The van der Waals surface area contributed by atoms with Crippen molar-refractivity contribution in [3.63, 3.8) is 0 Å². The molecular weight excluding hydrogens is 244 g/mol. The first-order chi connectivity index (χ1) is 9.38. The predicted octanol–water partition coefficient (Wildman–Crippen LogP) is 1.67. The molecule has 0 saturated heterocycles. The lowest BCUT2D eigenvalue weighted by Gasteiger charge is -2.05. The number of aromatic nitrogens is 2. The van der Waals surface area contributed by atoms with E-state index < -0.39 is 0 Å². The summed E-state index contributed by atoms with van der Waals surface area (Å²) in [5, 5.41) is 13.8. The van der Waals surface area contributed by atoms with Crippen molar-refractivity contribution in [1.82, 2.24) is 15.5 Å². The molecule has 2 aromatic rings. The lowest BCUT2D eigenvalue weighted by molar-refractivity contribution is 0.314. The molecular formula is C13H18N4O2. The summed E-state index contributed by atoms with van der Waals surface area (Å²) in [6.07, 6.45) is 0.860. The van der Waals surface area contributed by atoms with Crippen molar-refractivity contribution >= 4 is 6.01 Å². The summed E-state index contributed by atoms with van der Waals surface area (Å²) in [6, 6.07) is 10.2. The van der Waals surface area contributed by atoms with Gasteiger partial charge < -0.3 is 19.8 Å².